The molecule has 0 radical (unpaired) electrons. The number of carbonyl (C=O) groups excluding carboxylic acids is 1. The largest absolute Gasteiger partial charge is 0.465 e. The van der Waals surface area contributed by atoms with Gasteiger partial charge in [0.25, 0.3) is 0 Å². The molecule has 0 N–H and O–H groups in total. The van der Waals surface area contributed by atoms with Gasteiger partial charge in [-0.1, -0.05) is 24.3 Å². The van der Waals surface area contributed by atoms with Crippen LogP contribution in [-0.2, 0) is 16.1 Å². The van der Waals surface area contributed by atoms with Crippen LogP contribution < -0.4 is 0 Å². The van der Waals surface area contributed by atoms with Gasteiger partial charge in [0.1, 0.15) is 0 Å². The third kappa shape index (κ3) is 1.40. The lowest BCUT2D eigenvalue weighted by molar-refractivity contribution is -0.133. The van der Waals surface area contributed by atoms with E-state index in [9.17, 15) is 4.79 Å². The number of carbonyl (C=O) groups is 1. The minimum atomic E-state index is -0.248. The second-order valence-corrected chi connectivity index (χ2v) is 4.54. The van der Waals surface area contributed by atoms with Gasteiger partial charge in [-0.2, -0.15) is 0 Å². The zero-order chi connectivity index (χ0) is 12.7. The van der Waals surface area contributed by atoms with E-state index in [0.717, 1.165) is 24.2 Å². The second kappa shape index (κ2) is 4.02. The highest BCUT2D eigenvalue weighted by Gasteiger charge is 2.24. The average Bonchev–Trinajstić information content (AvgIpc) is 2.72. The summed E-state index contributed by atoms with van der Waals surface area (Å²) in [6, 6.07) is 8.27. The van der Waals surface area contributed by atoms with Crippen LogP contribution in [0.3, 0.4) is 0 Å². The quantitative estimate of drug-likeness (QED) is 0.719. The Hall–Kier alpha value is -2.03. The van der Waals surface area contributed by atoms with E-state index in [1.165, 1.54) is 18.0 Å². The molecule has 0 bridgehead atoms. The number of nitrogens with zero attached hydrogens (tertiary/aromatic N) is 1. The van der Waals surface area contributed by atoms with Gasteiger partial charge >= 0.3 is 5.97 Å². The number of aromatic nitrogens is 1. The van der Waals surface area contributed by atoms with Crippen LogP contribution in [0.15, 0.2) is 30.3 Å². The summed E-state index contributed by atoms with van der Waals surface area (Å²) in [5.41, 5.74) is 4.05. The number of esters is 1. The molecular weight excluding hydrogens is 226 g/mol. The fourth-order valence-electron chi connectivity index (χ4n) is 2.78. The third-order valence-corrected chi connectivity index (χ3v) is 3.59. The molecule has 2 aromatic rings. The van der Waals surface area contributed by atoms with Gasteiger partial charge in [-0.25, -0.2) is 4.79 Å². The first-order valence-corrected chi connectivity index (χ1v) is 6.10. The normalized spacial score (nSPS) is 14.2. The number of hydrogen-bond acceptors (Lipinski definition) is 2. The summed E-state index contributed by atoms with van der Waals surface area (Å²) in [6.45, 7) is 2.99. The van der Waals surface area contributed by atoms with Crippen LogP contribution in [0.25, 0.3) is 16.5 Å². The molecule has 0 spiro atoms. The fraction of sp³-hybridized carbons (Fsp3) is 0.267. The van der Waals surface area contributed by atoms with E-state index >= 15 is 0 Å². The maximum Gasteiger partial charge on any atom is 0.339 e. The minimum Gasteiger partial charge on any atom is -0.465 e. The predicted molar refractivity (Wildman–Crippen MR) is 71.3 cm³/mol. The van der Waals surface area contributed by atoms with Crippen LogP contribution in [0, 0.1) is 6.92 Å². The average molecular weight is 241 g/mol. The number of methoxy groups -OCH3 is 1. The SMILES string of the molecule is COC(=O)C1=CCCn2c1c(C)c1ccccc12. The molecule has 0 saturated heterocycles. The van der Waals surface area contributed by atoms with Crippen LogP contribution in [0.2, 0.25) is 0 Å². The van der Waals surface area contributed by atoms with E-state index in [4.69, 9.17) is 4.74 Å². The zero-order valence-electron chi connectivity index (χ0n) is 10.6. The smallest absolute Gasteiger partial charge is 0.339 e. The molecule has 0 amide bonds. The summed E-state index contributed by atoms with van der Waals surface area (Å²) in [5, 5.41) is 1.21. The van der Waals surface area contributed by atoms with Crippen molar-refractivity contribution < 1.29 is 9.53 Å². The molecule has 1 aromatic heterocycles. The molecule has 1 aliphatic rings. The lowest BCUT2D eigenvalue weighted by Crippen LogP contribution is -2.14. The van der Waals surface area contributed by atoms with Gasteiger partial charge in [-0.3, -0.25) is 0 Å². The number of benzene rings is 1. The van der Waals surface area contributed by atoms with Crippen molar-refractivity contribution in [1.82, 2.24) is 4.57 Å². The highest BCUT2D eigenvalue weighted by Crippen LogP contribution is 2.33. The number of para-hydroxylation sites is 1. The van der Waals surface area contributed by atoms with Gasteiger partial charge in [-0.05, 0) is 25.0 Å². The molecule has 0 saturated carbocycles. The Kier molecular flexibility index (Phi) is 2.47. The molecular formula is C15H15NO2. The molecule has 18 heavy (non-hydrogen) atoms. The van der Waals surface area contributed by atoms with Crippen molar-refractivity contribution in [3.63, 3.8) is 0 Å². The molecule has 0 fully saturated rings. The molecule has 3 nitrogen and oxygen atoms in total. The van der Waals surface area contributed by atoms with Gasteiger partial charge in [0.15, 0.2) is 0 Å². The van der Waals surface area contributed by atoms with E-state index in [2.05, 4.69) is 23.6 Å². The number of hydrogen-bond donors (Lipinski definition) is 0. The topological polar surface area (TPSA) is 31.2 Å². The van der Waals surface area contributed by atoms with Crippen molar-refractivity contribution in [3.05, 3.63) is 41.6 Å². The van der Waals surface area contributed by atoms with Crippen LogP contribution >= 0.6 is 0 Å². The fourth-order valence-corrected chi connectivity index (χ4v) is 2.78. The zero-order valence-corrected chi connectivity index (χ0v) is 10.6. The monoisotopic (exact) mass is 241 g/mol. The maximum absolute atomic E-state index is 11.9. The Morgan fingerprint density at radius 3 is 2.89 bits per heavy atom. The first-order chi connectivity index (χ1) is 8.74. The molecule has 92 valence electrons. The number of fused-ring (bicyclic) bond motifs is 3. The molecule has 3 rings (SSSR count). The van der Waals surface area contributed by atoms with E-state index in [-0.39, 0.29) is 5.97 Å². The summed E-state index contributed by atoms with van der Waals surface area (Å²) in [5.74, 6) is -0.248. The van der Waals surface area contributed by atoms with Gasteiger partial charge < -0.3 is 9.30 Å². The van der Waals surface area contributed by atoms with E-state index in [0.29, 0.717) is 5.57 Å². The van der Waals surface area contributed by atoms with Crippen molar-refractivity contribution in [2.45, 2.75) is 19.9 Å². The van der Waals surface area contributed by atoms with Crippen molar-refractivity contribution in [1.29, 1.82) is 0 Å². The van der Waals surface area contributed by atoms with E-state index < -0.39 is 0 Å². The lowest BCUT2D eigenvalue weighted by atomic mass is 10.0. The summed E-state index contributed by atoms with van der Waals surface area (Å²) in [4.78, 5) is 11.9. The second-order valence-electron chi connectivity index (χ2n) is 4.54. The number of aryl methyl sites for hydroxylation is 2. The number of allylic oxidation sites excluding steroid dienone is 1. The van der Waals surface area contributed by atoms with Crippen molar-refractivity contribution in [2.75, 3.05) is 7.11 Å². The Bertz CT molecular complexity index is 664. The first kappa shape index (κ1) is 11.1. The van der Waals surface area contributed by atoms with Crippen LogP contribution in [0.4, 0.5) is 0 Å². The van der Waals surface area contributed by atoms with Gasteiger partial charge in [-0.15, -0.1) is 0 Å². The van der Waals surface area contributed by atoms with E-state index in [1.807, 2.05) is 18.2 Å². The van der Waals surface area contributed by atoms with Crippen molar-refractivity contribution in [2.24, 2.45) is 0 Å². The van der Waals surface area contributed by atoms with Gasteiger partial charge in [0.2, 0.25) is 0 Å². The van der Waals surface area contributed by atoms with Crippen LogP contribution in [-0.4, -0.2) is 17.6 Å². The van der Waals surface area contributed by atoms with Gasteiger partial charge in [0, 0.05) is 17.4 Å². The highest BCUT2D eigenvalue weighted by molar-refractivity contribution is 6.18. The van der Waals surface area contributed by atoms with Crippen LogP contribution in [0.5, 0.6) is 0 Å². The minimum absolute atomic E-state index is 0.248. The summed E-state index contributed by atoms with van der Waals surface area (Å²) >= 11 is 0. The summed E-state index contributed by atoms with van der Waals surface area (Å²) in [6.07, 6.45) is 2.85. The molecule has 0 aliphatic carbocycles. The molecule has 0 unspecified atom stereocenters. The number of ether oxygens (including phenoxy) is 1. The van der Waals surface area contributed by atoms with Gasteiger partial charge in [0.05, 0.1) is 18.4 Å². The number of rotatable bonds is 1. The predicted octanol–water partition coefficient (Wildman–Crippen LogP) is 2.91. The van der Waals surface area contributed by atoms with Crippen LogP contribution in [0.1, 0.15) is 17.7 Å². The highest BCUT2D eigenvalue weighted by atomic mass is 16.5. The molecule has 0 atom stereocenters. The molecule has 3 heteroatoms. The van der Waals surface area contributed by atoms with Crippen molar-refractivity contribution >= 4 is 22.4 Å². The molecule has 2 heterocycles. The summed E-state index contributed by atoms with van der Waals surface area (Å²) < 4.78 is 7.10. The molecule has 1 aromatic carbocycles. The molecule has 1 aliphatic heterocycles. The Balaban J connectivity index is 2.32. The third-order valence-electron chi connectivity index (χ3n) is 3.59. The Morgan fingerprint density at radius 1 is 1.33 bits per heavy atom. The first-order valence-electron chi connectivity index (χ1n) is 6.10. The van der Waals surface area contributed by atoms with Crippen molar-refractivity contribution in [3.8, 4) is 0 Å². The standard InChI is InChI=1S/C15H15NO2/c1-10-11-6-3-4-8-13(11)16-9-5-7-12(14(10)16)15(17)18-2/h3-4,6-8H,5,9H2,1-2H3. The Labute approximate surface area is 106 Å². The van der Waals surface area contributed by atoms with E-state index in [1.54, 1.807) is 0 Å². The lowest BCUT2D eigenvalue weighted by Gasteiger charge is -2.17. The Morgan fingerprint density at radius 2 is 2.11 bits per heavy atom. The summed E-state index contributed by atoms with van der Waals surface area (Å²) in [7, 11) is 1.43. The maximum atomic E-state index is 11.9.